The molecule has 1 aromatic rings. The number of rotatable bonds is 6. The lowest BCUT2D eigenvalue weighted by Crippen LogP contribution is -2.10. The van der Waals surface area contributed by atoms with Gasteiger partial charge < -0.3 is 10.5 Å². The van der Waals surface area contributed by atoms with E-state index >= 15 is 0 Å². The molecule has 1 unspecified atom stereocenters. The molecule has 2 heteroatoms. The molecule has 1 rings (SSSR count). The van der Waals surface area contributed by atoms with E-state index in [1.165, 1.54) is 0 Å². The Morgan fingerprint density at radius 3 is 2.94 bits per heavy atom. The summed E-state index contributed by atoms with van der Waals surface area (Å²) in [6.45, 7) is 4.70. The first-order valence-electron chi connectivity index (χ1n) is 6.16. The van der Waals surface area contributed by atoms with Crippen LogP contribution in [0, 0.1) is 11.8 Å². The third-order valence-corrected chi connectivity index (χ3v) is 2.52. The van der Waals surface area contributed by atoms with E-state index < -0.39 is 0 Å². The van der Waals surface area contributed by atoms with Crippen molar-refractivity contribution in [2.75, 3.05) is 6.61 Å². The molecule has 0 bridgehead atoms. The molecule has 17 heavy (non-hydrogen) atoms. The van der Waals surface area contributed by atoms with Gasteiger partial charge in [-0.3, -0.25) is 0 Å². The molecule has 0 heterocycles. The summed E-state index contributed by atoms with van der Waals surface area (Å²) in [6, 6.07) is 8.08. The highest BCUT2D eigenvalue weighted by Gasteiger charge is 2.06. The average molecular weight is 231 g/mol. The lowest BCUT2D eigenvalue weighted by molar-refractivity contribution is 0.317. The van der Waals surface area contributed by atoms with Crippen LogP contribution in [-0.4, -0.2) is 6.61 Å². The first kappa shape index (κ1) is 13.6. The molecular weight excluding hydrogens is 210 g/mol. The van der Waals surface area contributed by atoms with E-state index in [0.717, 1.165) is 37.2 Å². The molecule has 0 radical (unpaired) electrons. The summed E-state index contributed by atoms with van der Waals surface area (Å²) in [6.07, 6.45) is 2.75. The van der Waals surface area contributed by atoms with Gasteiger partial charge in [-0.2, -0.15) is 0 Å². The molecule has 0 aliphatic rings. The predicted octanol–water partition coefficient (Wildman–Crippen LogP) is 3.28. The summed E-state index contributed by atoms with van der Waals surface area (Å²) in [5, 5.41) is 0. The van der Waals surface area contributed by atoms with E-state index in [-0.39, 0.29) is 6.04 Å². The average Bonchev–Trinajstić information content (AvgIpc) is 2.37. The molecule has 0 spiro atoms. The summed E-state index contributed by atoms with van der Waals surface area (Å²) in [7, 11) is 0. The molecule has 1 aromatic carbocycles. The molecule has 0 aromatic heterocycles. The summed E-state index contributed by atoms with van der Waals surface area (Å²) < 4.78 is 5.59. The Kier molecular flexibility index (Phi) is 6.21. The van der Waals surface area contributed by atoms with Crippen molar-refractivity contribution in [1.82, 2.24) is 0 Å². The third-order valence-electron chi connectivity index (χ3n) is 2.52. The molecule has 2 N–H and O–H groups in total. The maximum atomic E-state index is 6.11. The number of nitrogens with two attached hydrogens (primary N) is 1. The van der Waals surface area contributed by atoms with Crippen molar-refractivity contribution in [3.63, 3.8) is 0 Å². The lowest BCUT2D eigenvalue weighted by atomic mass is 10.0. The minimum absolute atomic E-state index is 0.0426. The molecule has 0 aliphatic carbocycles. The van der Waals surface area contributed by atoms with Crippen molar-refractivity contribution < 1.29 is 4.74 Å². The van der Waals surface area contributed by atoms with Crippen LogP contribution in [0.5, 0.6) is 5.75 Å². The number of benzene rings is 1. The van der Waals surface area contributed by atoms with Crippen LogP contribution >= 0.6 is 0 Å². The fourth-order valence-electron chi connectivity index (χ4n) is 1.57. The van der Waals surface area contributed by atoms with E-state index in [4.69, 9.17) is 10.5 Å². The lowest BCUT2D eigenvalue weighted by Gasteiger charge is -2.12. The zero-order chi connectivity index (χ0) is 12.5. The van der Waals surface area contributed by atoms with Crippen molar-refractivity contribution in [3.8, 4) is 17.6 Å². The highest BCUT2D eigenvalue weighted by atomic mass is 16.5. The molecule has 0 saturated carbocycles. The smallest absolute Gasteiger partial charge is 0.119 e. The highest BCUT2D eigenvalue weighted by molar-refractivity contribution is 5.30. The summed E-state index contributed by atoms with van der Waals surface area (Å²) in [4.78, 5) is 0. The van der Waals surface area contributed by atoms with Gasteiger partial charge in [-0.15, -0.1) is 11.8 Å². The second kappa shape index (κ2) is 7.76. The van der Waals surface area contributed by atoms with Crippen molar-refractivity contribution in [2.45, 2.75) is 39.2 Å². The summed E-state index contributed by atoms with van der Waals surface area (Å²) in [5.74, 6) is 6.82. The number of ether oxygens (including phenoxy) is 1. The number of hydrogen-bond donors (Lipinski definition) is 1. The van der Waals surface area contributed by atoms with E-state index in [2.05, 4.69) is 18.8 Å². The Balaban J connectivity index is 2.58. The van der Waals surface area contributed by atoms with Crippen LogP contribution in [0.3, 0.4) is 0 Å². The SMILES string of the molecule is CC#CCCC(N)c1cccc(OCCC)c1. The Morgan fingerprint density at radius 2 is 2.24 bits per heavy atom. The Hall–Kier alpha value is -1.46. The predicted molar refractivity (Wildman–Crippen MR) is 71.8 cm³/mol. The normalized spacial score (nSPS) is 11.5. The van der Waals surface area contributed by atoms with Crippen LogP contribution in [0.4, 0.5) is 0 Å². The van der Waals surface area contributed by atoms with Crippen molar-refractivity contribution in [3.05, 3.63) is 29.8 Å². The monoisotopic (exact) mass is 231 g/mol. The summed E-state index contributed by atoms with van der Waals surface area (Å²) >= 11 is 0. The van der Waals surface area contributed by atoms with Crippen molar-refractivity contribution in [1.29, 1.82) is 0 Å². The molecule has 0 amide bonds. The van der Waals surface area contributed by atoms with E-state index in [9.17, 15) is 0 Å². The van der Waals surface area contributed by atoms with Crippen LogP contribution in [-0.2, 0) is 0 Å². The molecule has 92 valence electrons. The third kappa shape index (κ3) is 4.93. The zero-order valence-corrected chi connectivity index (χ0v) is 10.7. The first-order valence-corrected chi connectivity index (χ1v) is 6.16. The second-order valence-electron chi connectivity index (χ2n) is 3.99. The van der Waals surface area contributed by atoms with Gasteiger partial charge in [0.25, 0.3) is 0 Å². The van der Waals surface area contributed by atoms with Gasteiger partial charge in [0.1, 0.15) is 5.75 Å². The zero-order valence-electron chi connectivity index (χ0n) is 10.7. The van der Waals surface area contributed by atoms with Crippen LogP contribution in [0.15, 0.2) is 24.3 Å². The van der Waals surface area contributed by atoms with Gasteiger partial charge in [0.2, 0.25) is 0 Å². The fourth-order valence-corrected chi connectivity index (χ4v) is 1.57. The molecule has 0 saturated heterocycles. The van der Waals surface area contributed by atoms with Gasteiger partial charge in [-0.1, -0.05) is 19.1 Å². The van der Waals surface area contributed by atoms with Gasteiger partial charge in [0.05, 0.1) is 6.61 Å². The highest BCUT2D eigenvalue weighted by Crippen LogP contribution is 2.20. The largest absolute Gasteiger partial charge is 0.494 e. The minimum atomic E-state index is 0.0426. The van der Waals surface area contributed by atoms with Crippen LogP contribution < -0.4 is 10.5 Å². The Labute approximate surface area is 104 Å². The minimum Gasteiger partial charge on any atom is -0.494 e. The van der Waals surface area contributed by atoms with Gasteiger partial charge >= 0.3 is 0 Å². The van der Waals surface area contributed by atoms with Gasteiger partial charge in [0, 0.05) is 12.5 Å². The standard InChI is InChI=1S/C15H21NO/c1-3-5-6-10-15(16)13-8-7-9-14(12-13)17-11-4-2/h7-9,12,15H,4,6,10-11,16H2,1-2H3. The van der Waals surface area contributed by atoms with Gasteiger partial charge in [-0.05, 0) is 37.5 Å². The first-order chi connectivity index (χ1) is 8.27. The second-order valence-corrected chi connectivity index (χ2v) is 3.99. The van der Waals surface area contributed by atoms with Crippen LogP contribution in [0.1, 0.15) is 44.7 Å². The van der Waals surface area contributed by atoms with Gasteiger partial charge in [0.15, 0.2) is 0 Å². The maximum Gasteiger partial charge on any atom is 0.119 e. The van der Waals surface area contributed by atoms with Crippen molar-refractivity contribution >= 4 is 0 Å². The van der Waals surface area contributed by atoms with E-state index in [1.807, 2.05) is 31.2 Å². The van der Waals surface area contributed by atoms with E-state index in [1.54, 1.807) is 0 Å². The fraction of sp³-hybridized carbons (Fsp3) is 0.467. The van der Waals surface area contributed by atoms with Crippen LogP contribution in [0.25, 0.3) is 0 Å². The van der Waals surface area contributed by atoms with Crippen LogP contribution in [0.2, 0.25) is 0 Å². The maximum absolute atomic E-state index is 6.11. The molecule has 0 aliphatic heterocycles. The molecule has 0 fully saturated rings. The quantitative estimate of drug-likeness (QED) is 0.762. The Bertz CT molecular complexity index is 389. The topological polar surface area (TPSA) is 35.2 Å². The van der Waals surface area contributed by atoms with Crippen molar-refractivity contribution in [2.24, 2.45) is 5.73 Å². The summed E-state index contributed by atoms with van der Waals surface area (Å²) in [5.41, 5.74) is 7.23. The van der Waals surface area contributed by atoms with Gasteiger partial charge in [-0.25, -0.2) is 0 Å². The number of hydrogen-bond acceptors (Lipinski definition) is 2. The molecule has 1 atom stereocenters. The van der Waals surface area contributed by atoms with E-state index in [0.29, 0.717) is 0 Å². The molecule has 2 nitrogen and oxygen atoms in total. The Morgan fingerprint density at radius 1 is 1.41 bits per heavy atom. The molecular formula is C15H21NO.